The van der Waals surface area contributed by atoms with Crippen LogP contribution in [0.2, 0.25) is 0 Å². The van der Waals surface area contributed by atoms with Gasteiger partial charge in [-0.25, -0.2) is 9.59 Å². The van der Waals surface area contributed by atoms with Crippen molar-refractivity contribution in [2.75, 3.05) is 6.54 Å². The Morgan fingerprint density at radius 3 is 2.39 bits per heavy atom. The summed E-state index contributed by atoms with van der Waals surface area (Å²) in [5.41, 5.74) is -1.76. The first-order chi connectivity index (χ1) is 12.8. The Bertz CT molecular complexity index is 864. The second-order valence-electron chi connectivity index (χ2n) is 7.24. The van der Waals surface area contributed by atoms with Crippen molar-refractivity contribution in [2.45, 2.75) is 59.4 Å². The molecule has 0 bridgehead atoms. The molecule has 1 heterocycles. The Morgan fingerprint density at radius 2 is 1.86 bits per heavy atom. The minimum Gasteiger partial charge on any atom is -0.480 e. The number of carboxylic acids is 1. The van der Waals surface area contributed by atoms with Gasteiger partial charge in [0.05, 0.1) is 0 Å². The summed E-state index contributed by atoms with van der Waals surface area (Å²) in [4.78, 5) is 59.1. The Labute approximate surface area is 161 Å². The van der Waals surface area contributed by atoms with Crippen molar-refractivity contribution in [2.24, 2.45) is 0 Å². The SMILES string of the molecule is Cc1cn(CC(=O)NC(C)C(=O)O)c(=O)n(CCNC(=O)OC(C)(C)C)c1=O. The highest BCUT2D eigenvalue weighted by molar-refractivity contribution is 5.83. The van der Waals surface area contributed by atoms with Gasteiger partial charge in [0.1, 0.15) is 18.2 Å². The lowest BCUT2D eigenvalue weighted by Crippen LogP contribution is -2.46. The average molecular weight is 398 g/mol. The van der Waals surface area contributed by atoms with Crippen LogP contribution in [-0.4, -0.2) is 50.4 Å². The fourth-order valence-electron chi connectivity index (χ4n) is 2.20. The third kappa shape index (κ3) is 6.89. The highest BCUT2D eigenvalue weighted by Gasteiger charge is 2.18. The lowest BCUT2D eigenvalue weighted by atomic mass is 10.2. The second-order valence-corrected chi connectivity index (χ2v) is 7.24. The molecule has 1 aromatic heterocycles. The molecule has 0 saturated heterocycles. The van der Waals surface area contributed by atoms with Crippen molar-refractivity contribution < 1.29 is 24.2 Å². The largest absolute Gasteiger partial charge is 0.480 e. The van der Waals surface area contributed by atoms with Gasteiger partial charge < -0.3 is 20.5 Å². The monoisotopic (exact) mass is 398 g/mol. The summed E-state index contributed by atoms with van der Waals surface area (Å²) in [7, 11) is 0. The van der Waals surface area contributed by atoms with Gasteiger partial charge in [-0.05, 0) is 34.6 Å². The van der Waals surface area contributed by atoms with Crippen LogP contribution in [0, 0.1) is 6.92 Å². The Kier molecular flexibility index (Phi) is 7.53. The predicted molar refractivity (Wildman–Crippen MR) is 99.2 cm³/mol. The van der Waals surface area contributed by atoms with E-state index in [4.69, 9.17) is 9.84 Å². The van der Waals surface area contributed by atoms with E-state index in [1.165, 1.54) is 20.0 Å². The van der Waals surface area contributed by atoms with E-state index in [1.54, 1.807) is 20.8 Å². The number of hydrogen-bond donors (Lipinski definition) is 3. The van der Waals surface area contributed by atoms with Gasteiger partial charge in [-0.2, -0.15) is 0 Å². The summed E-state index contributed by atoms with van der Waals surface area (Å²) in [5, 5.41) is 13.5. The van der Waals surface area contributed by atoms with Crippen LogP contribution in [-0.2, 0) is 27.4 Å². The summed E-state index contributed by atoms with van der Waals surface area (Å²) >= 11 is 0. The average Bonchev–Trinajstić information content (AvgIpc) is 2.53. The van der Waals surface area contributed by atoms with E-state index in [2.05, 4.69) is 10.6 Å². The maximum absolute atomic E-state index is 12.5. The summed E-state index contributed by atoms with van der Waals surface area (Å²) in [6.07, 6.45) is 0.545. The molecule has 2 amide bonds. The molecule has 1 unspecified atom stereocenters. The number of ether oxygens (including phenoxy) is 1. The molecule has 0 aliphatic heterocycles. The van der Waals surface area contributed by atoms with E-state index in [9.17, 15) is 24.0 Å². The molecule has 11 heteroatoms. The van der Waals surface area contributed by atoms with E-state index in [1.807, 2.05) is 0 Å². The molecule has 0 radical (unpaired) electrons. The molecule has 1 rings (SSSR count). The number of amides is 2. The van der Waals surface area contributed by atoms with Crippen molar-refractivity contribution >= 4 is 18.0 Å². The van der Waals surface area contributed by atoms with Crippen LogP contribution >= 0.6 is 0 Å². The number of aromatic nitrogens is 2. The van der Waals surface area contributed by atoms with Gasteiger partial charge >= 0.3 is 17.8 Å². The lowest BCUT2D eigenvalue weighted by molar-refractivity contribution is -0.141. The number of alkyl carbamates (subject to hydrolysis) is 1. The van der Waals surface area contributed by atoms with Gasteiger partial charge in [-0.1, -0.05) is 0 Å². The number of carbonyl (C=O) groups is 3. The molecule has 1 aromatic rings. The number of carboxylic acid groups (broad SMARTS) is 1. The van der Waals surface area contributed by atoms with Gasteiger partial charge in [0, 0.05) is 24.8 Å². The van der Waals surface area contributed by atoms with Crippen molar-refractivity contribution in [1.82, 2.24) is 19.8 Å². The first-order valence-electron chi connectivity index (χ1n) is 8.61. The van der Waals surface area contributed by atoms with Crippen LogP contribution in [0.25, 0.3) is 0 Å². The van der Waals surface area contributed by atoms with Gasteiger partial charge in [-0.15, -0.1) is 0 Å². The van der Waals surface area contributed by atoms with Crippen molar-refractivity contribution in [3.8, 4) is 0 Å². The van der Waals surface area contributed by atoms with Crippen molar-refractivity contribution in [1.29, 1.82) is 0 Å². The van der Waals surface area contributed by atoms with Crippen LogP contribution in [0.15, 0.2) is 15.8 Å². The number of aryl methyl sites for hydroxylation is 1. The number of aliphatic carboxylic acids is 1. The Morgan fingerprint density at radius 1 is 1.25 bits per heavy atom. The van der Waals surface area contributed by atoms with Gasteiger partial charge in [0.2, 0.25) is 5.91 Å². The molecule has 0 aliphatic rings. The first kappa shape index (κ1) is 22.9. The van der Waals surface area contributed by atoms with E-state index >= 15 is 0 Å². The van der Waals surface area contributed by atoms with Crippen LogP contribution in [0.1, 0.15) is 33.3 Å². The highest BCUT2D eigenvalue weighted by Crippen LogP contribution is 2.06. The third-order valence-corrected chi connectivity index (χ3v) is 3.47. The van der Waals surface area contributed by atoms with Crippen LogP contribution < -0.4 is 21.9 Å². The van der Waals surface area contributed by atoms with E-state index in [-0.39, 0.29) is 18.7 Å². The number of nitrogens with zero attached hydrogens (tertiary/aromatic N) is 2. The zero-order valence-corrected chi connectivity index (χ0v) is 16.6. The van der Waals surface area contributed by atoms with E-state index < -0.39 is 47.4 Å². The minimum atomic E-state index is -1.21. The molecular formula is C17H26N4O7. The molecular weight excluding hydrogens is 372 g/mol. The minimum absolute atomic E-state index is 0.0320. The topological polar surface area (TPSA) is 149 Å². The lowest BCUT2D eigenvalue weighted by Gasteiger charge is -2.19. The van der Waals surface area contributed by atoms with Crippen LogP contribution in [0.3, 0.4) is 0 Å². The molecule has 3 N–H and O–H groups in total. The fraction of sp³-hybridized carbons (Fsp3) is 0.588. The molecule has 0 aromatic carbocycles. The predicted octanol–water partition coefficient (Wildman–Crippen LogP) is -0.568. The second kappa shape index (κ2) is 9.20. The summed E-state index contributed by atoms with van der Waals surface area (Å²) in [6, 6.07) is -1.12. The fourth-order valence-corrected chi connectivity index (χ4v) is 2.20. The molecule has 0 fully saturated rings. The molecule has 156 valence electrons. The zero-order chi connectivity index (χ0) is 21.6. The smallest absolute Gasteiger partial charge is 0.407 e. The standard InChI is InChI=1S/C17H26N4O7/c1-10-8-20(9-12(22)19-11(2)14(24)25)16(27)21(13(10)23)7-6-18-15(26)28-17(3,4)5/h8,11H,6-7,9H2,1-5H3,(H,18,26)(H,19,22)(H,24,25). The van der Waals surface area contributed by atoms with Gasteiger partial charge in [-0.3, -0.25) is 23.5 Å². The van der Waals surface area contributed by atoms with Crippen LogP contribution in [0.4, 0.5) is 4.79 Å². The molecule has 11 nitrogen and oxygen atoms in total. The highest BCUT2D eigenvalue weighted by atomic mass is 16.6. The normalized spacial score (nSPS) is 12.2. The van der Waals surface area contributed by atoms with Crippen LogP contribution in [0.5, 0.6) is 0 Å². The maximum Gasteiger partial charge on any atom is 0.407 e. The number of rotatable bonds is 7. The van der Waals surface area contributed by atoms with Crippen molar-refractivity contribution in [3.63, 3.8) is 0 Å². The maximum atomic E-state index is 12.5. The van der Waals surface area contributed by atoms with E-state index in [0.717, 1.165) is 9.13 Å². The Balaban J connectivity index is 2.89. The molecule has 28 heavy (non-hydrogen) atoms. The zero-order valence-electron chi connectivity index (χ0n) is 16.6. The summed E-state index contributed by atoms with van der Waals surface area (Å²) < 4.78 is 6.97. The summed E-state index contributed by atoms with van der Waals surface area (Å²) in [5.74, 6) is -1.90. The van der Waals surface area contributed by atoms with Crippen molar-refractivity contribution in [3.05, 3.63) is 32.6 Å². The number of carbonyl (C=O) groups excluding carboxylic acids is 2. The molecule has 0 spiro atoms. The molecule has 0 aliphatic carbocycles. The summed E-state index contributed by atoms with van der Waals surface area (Å²) in [6.45, 7) is 7.27. The quantitative estimate of drug-likeness (QED) is 0.557. The number of nitrogens with one attached hydrogen (secondary N) is 2. The molecule has 0 saturated carbocycles. The Hall–Kier alpha value is -3.11. The number of hydrogen-bond acceptors (Lipinski definition) is 6. The third-order valence-electron chi connectivity index (χ3n) is 3.47. The van der Waals surface area contributed by atoms with Gasteiger partial charge in [0.25, 0.3) is 5.56 Å². The molecule has 1 atom stereocenters. The van der Waals surface area contributed by atoms with E-state index in [0.29, 0.717) is 0 Å². The first-order valence-corrected chi connectivity index (χ1v) is 8.61. The van der Waals surface area contributed by atoms with Gasteiger partial charge in [0.15, 0.2) is 0 Å².